The van der Waals surface area contributed by atoms with Crippen LogP contribution in [0, 0.1) is 0 Å². The molecule has 2 heterocycles. The molecule has 0 saturated heterocycles. The number of aromatic nitrogens is 1. The summed E-state index contributed by atoms with van der Waals surface area (Å²) in [6, 6.07) is 11.0. The number of anilines is 2. The Hall–Kier alpha value is -2.65. The van der Waals surface area contributed by atoms with Crippen LogP contribution < -0.4 is 10.0 Å². The molecule has 7 nitrogen and oxygen atoms in total. The van der Waals surface area contributed by atoms with Gasteiger partial charge in [-0.05, 0) is 35.7 Å². The summed E-state index contributed by atoms with van der Waals surface area (Å²) in [5.41, 5.74) is 0.531. The number of rotatable bonds is 5. The van der Waals surface area contributed by atoms with Crippen molar-refractivity contribution in [3.63, 3.8) is 0 Å². The van der Waals surface area contributed by atoms with Gasteiger partial charge in [-0.25, -0.2) is 8.42 Å². The lowest BCUT2D eigenvalue weighted by molar-refractivity contribution is 0.102. The molecule has 3 rings (SSSR count). The van der Waals surface area contributed by atoms with Gasteiger partial charge in [-0.3, -0.25) is 9.52 Å². The van der Waals surface area contributed by atoms with Crippen LogP contribution in [0.25, 0.3) is 0 Å². The van der Waals surface area contributed by atoms with Crippen LogP contribution in [0.3, 0.4) is 0 Å². The van der Waals surface area contributed by atoms with E-state index in [2.05, 4.69) is 15.2 Å². The third-order valence-electron chi connectivity index (χ3n) is 3.65. The topological polar surface area (TPSA) is 101 Å². The summed E-state index contributed by atoms with van der Waals surface area (Å²) in [6.45, 7) is 5.94. The molecule has 9 heteroatoms. The van der Waals surface area contributed by atoms with E-state index in [1.807, 2.05) is 20.8 Å². The number of nitrogens with one attached hydrogen (secondary N) is 2. The van der Waals surface area contributed by atoms with Crippen molar-refractivity contribution in [1.29, 1.82) is 0 Å². The number of carbonyl (C=O) groups is 1. The first-order valence-corrected chi connectivity index (χ1v) is 10.5. The second kappa shape index (κ2) is 7.16. The summed E-state index contributed by atoms with van der Waals surface area (Å²) < 4.78 is 32.4. The quantitative estimate of drug-likeness (QED) is 0.666. The molecule has 142 valence electrons. The van der Waals surface area contributed by atoms with Crippen molar-refractivity contribution >= 4 is 38.8 Å². The zero-order valence-electron chi connectivity index (χ0n) is 15.0. The lowest BCUT2D eigenvalue weighted by Gasteiger charge is -2.12. The number of carbonyl (C=O) groups excluding carboxylic acids is 1. The maximum absolute atomic E-state index is 12.3. The number of hydrogen-bond acceptors (Lipinski definition) is 6. The lowest BCUT2D eigenvalue weighted by Crippen LogP contribution is -2.14. The van der Waals surface area contributed by atoms with E-state index in [1.165, 1.54) is 30.3 Å². The van der Waals surface area contributed by atoms with Gasteiger partial charge in [0.05, 0.1) is 0 Å². The number of benzene rings is 1. The second-order valence-corrected chi connectivity index (χ2v) is 9.75. The zero-order valence-corrected chi connectivity index (χ0v) is 16.6. The molecule has 0 aliphatic heterocycles. The smallest absolute Gasteiger partial charge is 0.271 e. The van der Waals surface area contributed by atoms with E-state index in [4.69, 9.17) is 4.52 Å². The van der Waals surface area contributed by atoms with Crippen molar-refractivity contribution in [1.82, 2.24) is 5.16 Å². The van der Waals surface area contributed by atoms with E-state index in [0.29, 0.717) is 22.8 Å². The van der Waals surface area contributed by atoms with Crippen molar-refractivity contribution < 1.29 is 17.7 Å². The molecule has 2 aromatic heterocycles. The Morgan fingerprint density at radius 1 is 1.15 bits per heavy atom. The minimum Gasteiger partial charge on any atom is -0.359 e. The maximum Gasteiger partial charge on any atom is 0.271 e. The normalized spacial score (nSPS) is 12.0. The summed E-state index contributed by atoms with van der Waals surface area (Å²) in [5, 5.41) is 8.20. The minimum atomic E-state index is -3.62. The largest absolute Gasteiger partial charge is 0.359 e. The summed E-state index contributed by atoms with van der Waals surface area (Å²) >= 11 is 1.13. The van der Waals surface area contributed by atoms with Crippen LogP contribution in [0.1, 0.15) is 36.9 Å². The van der Waals surface area contributed by atoms with Gasteiger partial charge in [0.15, 0.2) is 5.82 Å². The van der Waals surface area contributed by atoms with Crippen molar-refractivity contribution in [3.05, 3.63) is 59.2 Å². The van der Waals surface area contributed by atoms with E-state index in [9.17, 15) is 13.2 Å². The highest BCUT2D eigenvalue weighted by Crippen LogP contribution is 2.25. The van der Waals surface area contributed by atoms with Gasteiger partial charge in [-0.2, -0.15) is 0 Å². The van der Waals surface area contributed by atoms with E-state index < -0.39 is 10.0 Å². The first-order valence-electron chi connectivity index (χ1n) is 8.10. The number of amides is 1. The highest BCUT2D eigenvalue weighted by atomic mass is 32.2. The molecule has 0 aliphatic rings. The van der Waals surface area contributed by atoms with Crippen LogP contribution in [-0.2, 0) is 15.4 Å². The van der Waals surface area contributed by atoms with Gasteiger partial charge in [0, 0.05) is 22.7 Å². The van der Waals surface area contributed by atoms with E-state index in [-0.39, 0.29) is 15.5 Å². The van der Waals surface area contributed by atoms with Crippen molar-refractivity contribution in [2.75, 3.05) is 10.0 Å². The molecular weight excluding hydrogens is 386 g/mol. The maximum atomic E-state index is 12.3. The monoisotopic (exact) mass is 405 g/mol. The van der Waals surface area contributed by atoms with E-state index >= 15 is 0 Å². The Labute approximate surface area is 161 Å². The number of hydrogen-bond donors (Lipinski definition) is 2. The van der Waals surface area contributed by atoms with Crippen LogP contribution in [0.5, 0.6) is 0 Å². The highest BCUT2D eigenvalue weighted by Gasteiger charge is 2.20. The molecular formula is C18H19N3O4S2. The van der Waals surface area contributed by atoms with Gasteiger partial charge < -0.3 is 9.84 Å². The van der Waals surface area contributed by atoms with Crippen molar-refractivity contribution in [3.8, 4) is 0 Å². The summed E-state index contributed by atoms with van der Waals surface area (Å²) in [4.78, 5) is 12.3. The predicted molar refractivity (Wildman–Crippen MR) is 105 cm³/mol. The fourth-order valence-corrected chi connectivity index (χ4v) is 4.24. The molecule has 3 aromatic rings. The first kappa shape index (κ1) is 19.1. The summed E-state index contributed by atoms with van der Waals surface area (Å²) in [7, 11) is -3.62. The van der Waals surface area contributed by atoms with Crippen LogP contribution in [0.2, 0.25) is 0 Å². The minimum absolute atomic E-state index is 0.211. The predicted octanol–water partition coefficient (Wildman–Crippen LogP) is 4.09. The lowest BCUT2D eigenvalue weighted by atomic mass is 9.93. The molecule has 1 amide bonds. The highest BCUT2D eigenvalue weighted by molar-refractivity contribution is 7.94. The zero-order chi connectivity index (χ0) is 19.7. The van der Waals surface area contributed by atoms with Gasteiger partial charge in [0.2, 0.25) is 0 Å². The van der Waals surface area contributed by atoms with E-state index in [1.54, 1.807) is 17.5 Å². The Balaban J connectivity index is 1.68. The third kappa shape index (κ3) is 4.55. The Morgan fingerprint density at radius 3 is 2.41 bits per heavy atom. The molecule has 0 aliphatic carbocycles. The van der Waals surface area contributed by atoms with Gasteiger partial charge in [-0.1, -0.05) is 32.0 Å². The molecule has 0 radical (unpaired) electrons. The molecule has 2 N–H and O–H groups in total. The third-order valence-corrected chi connectivity index (χ3v) is 6.43. The average molecular weight is 406 g/mol. The van der Waals surface area contributed by atoms with Crippen LogP contribution >= 0.6 is 11.3 Å². The van der Waals surface area contributed by atoms with Gasteiger partial charge in [0.25, 0.3) is 15.9 Å². The second-order valence-electron chi connectivity index (χ2n) is 6.90. The van der Waals surface area contributed by atoms with Crippen molar-refractivity contribution in [2.24, 2.45) is 0 Å². The first-order chi connectivity index (χ1) is 12.6. The van der Waals surface area contributed by atoms with Crippen LogP contribution in [0.4, 0.5) is 11.5 Å². The molecule has 0 unspecified atom stereocenters. The average Bonchev–Trinajstić information content (AvgIpc) is 3.26. The van der Waals surface area contributed by atoms with Crippen molar-refractivity contribution in [2.45, 2.75) is 30.4 Å². The molecule has 1 aromatic carbocycles. The van der Waals surface area contributed by atoms with Gasteiger partial charge in [-0.15, -0.1) is 11.3 Å². The molecule has 0 saturated carbocycles. The SMILES string of the molecule is CC(C)(C)c1cc(NC(=O)c2ccc(NS(=O)(=O)c3cccs3)cc2)no1. The fraction of sp³-hybridized carbons (Fsp3) is 0.222. The molecule has 0 atom stereocenters. The molecule has 0 fully saturated rings. The fourth-order valence-electron chi connectivity index (χ4n) is 2.19. The Kier molecular flexibility index (Phi) is 5.07. The molecule has 0 bridgehead atoms. The summed E-state index contributed by atoms with van der Waals surface area (Å²) in [5.74, 6) is 0.625. The van der Waals surface area contributed by atoms with Gasteiger partial charge >= 0.3 is 0 Å². The number of sulfonamides is 1. The van der Waals surface area contributed by atoms with E-state index in [0.717, 1.165) is 11.3 Å². The number of nitrogens with zero attached hydrogens (tertiary/aromatic N) is 1. The molecule has 0 spiro atoms. The standard InChI is InChI=1S/C18H19N3O4S2/c1-18(2,3)14-11-15(20-25-14)19-17(22)12-6-8-13(9-7-12)21-27(23,24)16-5-4-10-26-16/h4-11,21H,1-3H3,(H,19,20,22). The van der Waals surface area contributed by atoms with Crippen LogP contribution in [0.15, 0.2) is 56.6 Å². The van der Waals surface area contributed by atoms with Crippen LogP contribution in [-0.4, -0.2) is 19.5 Å². The Morgan fingerprint density at radius 2 is 1.85 bits per heavy atom. The summed E-state index contributed by atoms with van der Waals surface area (Å²) in [6.07, 6.45) is 0. The molecule has 27 heavy (non-hydrogen) atoms. The number of thiophene rings is 1. The Bertz CT molecular complexity index is 1030. The van der Waals surface area contributed by atoms with Gasteiger partial charge in [0.1, 0.15) is 9.97 Å².